The fraction of sp³-hybridized carbons (Fsp3) is 0.148. The molecule has 34 heavy (non-hydrogen) atoms. The van der Waals surface area contributed by atoms with Crippen LogP contribution < -0.4 is 10.2 Å². The average Bonchev–Trinajstić information content (AvgIpc) is 3.17. The number of nitriles is 1. The van der Waals surface area contributed by atoms with E-state index >= 15 is 0 Å². The highest BCUT2D eigenvalue weighted by Gasteiger charge is 2.40. The highest BCUT2D eigenvalue weighted by Crippen LogP contribution is 2.42. The van der Waals surface area contributed by atoms with Crippen molar-refractivity contribution in [1.82, 2.24) is 0 Å². The van der Waals surface area contributed by atoms with Crippen LogP contribution in [0.5, 0.6) is 0 Å². The Morgan fingerprint density at radius 3 is 2.29 bits per heavy atom. The number of halogens is 1. The summed E-state index contributed by atoms with van der Waals surface area (Å²) >= 11 is 1.18. The normalized spacial score (nSPS) is 16.8. The van der Waals surface area contributed by atoms with Crippen molar-refractivity contribution in [2.45, 2.75) is 25.0 Å². The zero-order valence-corrected chi connectivity index (χ0v) is 19.3. The predicted octanol–water partition coefficient (Wildman–Crippen LogP) is 5.45. The number of hydrogen-bond acceptors (Lipinski definition) is 4. The van der Waals surface area contributed by atoms with Crippen molar-refractivity contribution in [3.63, 3.8) is 0 Å². The van der Waals surface area contributed by atoms with Crippen LogP contribution in [0.4, 0.5) is 15.8 Å². The Labute approximate surface area is 201 Å². The molecular weight excluding hydrogens is 449 g/mol. The second-order valence-electron chi connectivity index (χ2n) is 7.74. The molecule has 1 atom stereocenters. The maximum absolute atomic E-state index is 13.5. The van der Waals surface area contributed by atoms with Crippen molar-refractivity contribution in [1.29, 1.82) is 5.26 Å². The Morgan fingerprint density at radius 2 is 1.68 bits per heavy atom. The first kappa shape index (κ1) is 23.3. The van der Waals surface area contributed by atoms with Crippen LogP contribution in [0.25, 0.3) is 0 Å². The molecule has 3 aromatic rings. The summed E-state index contributed by atoms with van der Waals surface area (Å²) in [6, 6.07) is 24.3. The van der Waals surface area contributed by atoms with Gasteiger partial charge in [-0.25, -0.2) is 4.39 Å². The number of benzene rings is 3. The van der Waals surface area contributed by atoms with E-state index < -0.39 is 11.2 Å². The van der Waals surface area contributed by atoms with Crippen LogP contribution >= 0.6 is 11.8 Å². The van der Waals surface area contributed by atoms with Gasteiger partial charge in [-0.15, -0.1) is 0 Å². The molecule has 1 aliphatic rings. The van der Waals surface area contributed by atoms with Gasteiger partial charge in [-0.05, 0) is 60.4 Å². The van der Waals surface area contributed by atoms with Crippen molar-refractivity contribution in [2.75, 3.05) is 10.2 Å². The zero-order valence-electron chi connectivity index (χ0n) is 18.5. The number of carbonyl (C=O) groups excluding carboxylic acids is 2. The number of para-hydroxylation sites is 1. The highest BCUT2D eigenvalue weighted by atomic mass is 32.2. The molecule has 7 heteroatoms. The molecule has 1 saturated heterocycles. The van der Waals surface area contributed by atoms with E-state index in [1.165, 1.54) is 28.8 Å². The van der Waals surface area contributed by atoms with E-state index in [1.54, 1.807) is 36.4 Å². The Morgan fingerprint density at radius 1 is 1.03 bits per heavy atom. The van der Waals surface area contributed by atoms with E-state index in [2.05, 4.69) is 5.32 Å². The van der Waals surface area contributed by atoms with Crippen molar-refractivity contribution < 1.29 is 14.0 Å². The fourth-order valence-corrected chi connectivity index (χ4v) is 4.96. The molecule has 0 spiro atoms. The van der Waals surface area contributed by atoms with Gasteiger partial charge in [-0.1, -0.05) is 61.2 Å². The minimum absolute atomic E-state index is 0.136. The van der Waals surface area contributed by atoms with Gasteiger partial charge in [0.25, 0.3) is 5.91 Å². The van der Waals surface area contributed by atoms with Crippen molar-refractivity contribution in [2.24, 2.45) is 0 Å². The topological polar surface area (TPSA) is 73.2 Å². The second kappa shape index (κ2) is 10.4. The Hall–Kier alpha value is -3.89. The van der Waals surface area contributed by atoms with E-state index in [0.717, 1.165) is 17.5 Å². The molecule has 1 unspecified atom stereocenters. The molecule has 0 aliphatic carbocycles. The lowest BCUT2D eigenvalue weighted by Crippen LogP contribution is -2.31. The Kier molecular flexibility index (Phi) is 7.09. The average molecular weight is 472 g/mol. The summed E-state index contributed by atoms with van der Waals surface area (Å²) in [5, 5.41) is 12.4. The number of anilines is 2. The maximum atomic E-state index is 13.5. The molecular formula is C27H22FN3O2S. The van der Waals surface area contributed by atoms with E-state index in [1.807, 2.05) is 43.3 Å². The molecule has 4 rings (SSSR count). The lowest BCUT2D eigenvalue weighted by Gasteiger charge is -2.19. The molecule has 2 amide bonds. The summed E-state index contributed by atoms with van der Waals surface area (Å²) in [6.07, 6.45) is 1.19. The van der Waals surface area contributed by atoms with Gasteiger partial charge in [-0.3, -0.25) is 14.5 Å². The van der Waals surface area contributed by atoms with Crippen molar-refractivity contribution in [3.05, 3.63) is 106 Å². The zero-order chi connectivity index (χ0) is 24.1. The number of thioether (sulfide) groups is 1. The predicted molar refractivity (Wildman–Crippen MR) is 132 cm³/mol. The minimum Gasteiger partial charge on any atom is -0.321 e. The summed E-state index contributed by atoms with van der Waals surface area (Å²) in [5.74, 6) is -1.16. The van der Waals surface area contributed by atoms with Crippen LogP contribution in [0.2, 0.25) is 0 Å². The van der Waals surface area contributed by atoms with Gasteiger partial charge in [0, 0.05) is 11.4 Å². The number of amides is 2. The molecule has 1 N–H and O–H groups in total. The van der Waals surface area contributed by atoms with Gasteiger partial charge in [-0.2, -0.15) is 5.26 Å². The van der Waals surface area contributed by atoms with Gasteiger partial charge in [0.05, 0.1) is 5.25 Å². The molecule has 0 aromatic heterocycles. The SMILES string of the molecule is CCc1ccc(N2C(=O)C(Cc3ccc(F)cc3)S/C2=C(/C#N)C(=O)Nc2ccccc2)cc1. The molecule has 3 aromatic carbocycles. The lowest BCUT2D eigenvalue weighted by molar-refractivity contribution is -0.117. The largest absolute Gasteiger partial charge is 0.321 e. The lowest BCUT2D eigenvalue weighted by atomic mass is 10.1. The monoisotopic (exact) mass is 471 g/mol. The van der Waals surface area contributed by atoms with Gasteiger partial charge >= 0.3 is 0 Å². The number of hydrogen-bond donors (Lipinski definition) is 1. The first-order chi connectivity index (χ1) is 16.5. The summed E-state index contributed by atoms with van der Waals surface area (Å²) in [7, 11) is 0. The molecule has 5 nitrogen and oxygen atoms in total. The maximum Gasteiger partial charge on any atom is 0.269 e. The molecule has 0 saturated carbocycles. The standard InChI is InChI=1S/C27H22FN3O2S/c1-2-18-10-14-22(15-11-18)31-26(33)24(16-19-8-12-20(28)13-9-19)34-27(31)23(17-29)25(32)30-21-6-4-3-5-7-21/h3-15,24H,2,16H2,1H3,(H,30,32)/b27-23-. The molecule has 0 bridgehead atoms. The van der Waals surface area contributed by atoms with Gasteiger partial charge < -0.3 is 5.32 Å². The van der Waals surface area contributed by atoms with Crippen molar-refractivity contribution in [3.8, 4) is 6.07 Å². The van der Waals surface area contributed by atoms with Crippen LogP contribution in [0.1, 0.15) is 18.1 Å². The van der Waals surface area contributed by atoms with Crippen LogP contribution in [-0.2, 0) is 22.4 Å². The van der Waals surface area contributed by atoms with Crippen LogP contribution in [-0.4, -0.2) is 17.1 Å². The quantitative estimate of drug-likeness (QED) is 0.383. The van der Waals surface area contributed by atoms with Gasteiger partial charge in [0.15, 0.2) is 0 Å². The minimum atomic E-state index is -0.582. The summed E-state index contributed by atoms with van der Waals surface area (Å²) in [4.78, 5) is 28.0. The van der Waals surface area contributed by atoms with E-state index in [9.17, 15) is 19.2 Å². The number of nitrogens with one attached hydrogen (secondary N) is 1. The van der Waals surface area contributed by atoms with Gasteiger partial charge in [0.1, 0.15) is 22.5 Å². The van der Waals surface area contributed by atoms with E-state index in [4.69, 9.17) is 0 Å². The molecule has 170 valence electrons. The molecule has 0 radical (unpaired) electrons. The smallest absolute Gasteiger partial charge is 0.269 e. The first-order valence-corrected chi connectivity index (χ1v) is 11.7. The summed E-state index contributed by atoms with van der Waals surface area (Å²) in [6.45, 7) is 2.04. The molecule has 1 heterocycles. The second-order valence-corrected chi connectivity index (χ2v) is 8.93. The molecule has 1 aliphatic heterocycles. The van der Waals surface area contributed by atoms with Gasteiger partial charge in [0.2, 0.25) is 5.91 Å². The van der Waals surface area contributed by atoms with Crippen molar-refractivity contribution >= 4 is 35.0 Å². The Bertz CT molecular complexity index is 1270. The summed E-state index contributed by atoms with van der Waals surface area (Å²) in [5.41, 5.74) is 2.91. The Balaban J connectivity index is 1.72. The third-order valence-corrected chi connectivity index (χ3v) is 6.74. The fourth-order valence-electron chi connectivity index (χ4n) is 3.65. The van der Waals surface area contributed by atoms with E-state index in [0.29, 0.717) is 17.8 Å². The highest BCUT2D eigenvalue weighted by molar-refractivity contribution is 8.05. The van der Waals surface area contributed by atoms with Crippen LogP contribution in [0, 0.1) is 17.1 Å². The number of rotatable bonds is 6. The number of carbonyl (C=O) groups is 2. The first-order valence-electron chi connectivity index (χ1n) is 10.8. The number of aryl methyl sites for hydroxylation is 1. The van der Waals surface area contributed by atoms with E-state index in [-0.39, 0.29) is 22.3 Å². The number of nitrogens with zero attached hydrogens (tertiary/aromatic N) is 2. The van der Waals surface area contributed by atoms with Crippen LogP contribution in [0.15, 0.2) is 89.5 Å². The van der Waals surface area contributed by atoms with Crippen LogP contribution in [0.3, 0.4) is 0 Å². The molecule has 1 fully saturated rings. The summed E-state index contributed by atoms with van der Waals surface area (Å²) < 4.78 is 13.3. The third-order valence-electron chi connectivity index (χ3n) is 5.47. The third kappa shape index (κ3) is 5.03.